The predicted molar refractivity (Wildman–Crippen MR) is 127 cm³/mol. The van der Waals surface area contributed by atoms with Crippen LogP contribution in [-0.2, 0) is 18.6 Å². The van der Waals surface area contributed by atoms with E-state index < -0.39 is 0 Å². The minimum atomic E-state index is 0.0526. The molecule has 0 radical (unpaired) electrons. The maximum absolute atomic E-state index is 13.7. The first kappa shape index (κ1) is 19.9. The number of aromatic nitrogens is 2. The summed E-state index contributed by atoms with van der Waals surface area (Å²) in [5.74, 6) is 1.39. The Morgan fingerprint density at radius 3 is 2.70 bits per heavy atom. The Kier molecular flexibility index (Phi) is 5.44. The zero-order valence-electron chi connectivity index (χ0n) is 16.6. The molecule has 0 saturated heterocycles. The van der Waals surface area contributed by atoms with Crippen molar-refractivity contribution in [3.63, 3.8) is 0 Å². The molecule has 1 atom stereocenters. The number of thioether (sulfide) groups is 1. The Morgan fingerprint density at radius 2 is 1.93 bits per heavy atom. The van der Waals surface area contributed by atoms with Crippen molar-refractivity contribution in [3.8, 4) is 5.69 Å². The highest BCUT2D eigenvalue weighted by Crippen LogP contribution is 2.37. The van der Waals surface area contributed by atoms with Crippen molar-refractivity contribution in [2.45, 2.75) is 37.1 Å². The molecular formula is C24H21ClN2OS2. The van der Waals surface area contributed by atoms with Crippen LogP contribution in [-0.4, -0.2) is 9.55 Å². The minimum absolute atomic E-state index is 0.0526. The lowest BCUT2D eigenvalue weighted by Gasteiger charge is -2.17. The molecule has 0 N–H and O–H groups in total. The van der Waals surface area contributed by atoms with Crippen LogP contribution >= 0.6 is 34.7 Å². The molecule has 152 valence electrons. The fourth-order valence-corrected chi connectivity index (χ4v) is 6.52. The second kappa shape index (κ2) is 8.22. The quantitative estimate of drug-likeness (QED) is 0.261. The zero-order chi connectivity index (χ0) is 20.7. The van der Waals surface area contributed by atoms with Gasteiger partial charge in [-0.05, 0) is 60.6 Å². The van der Waals surface area contributed by atoms with Crippen LogP contribution in [0, 0.1) is 5.92 Å². The average molecular weight is 453 g/mol. The lowest BCUT2D eigenvalue weighted by atomic mass is 9.89. The van der Waals surface area contributed by atoms with Crippen LogP contribution in [0.15, 0.2) is 64.5 Å². The van der Waals surface area contributed by atoms with E-state index in [0.717, 1.165) is 56.7 Å². The standard InChI is InChI=1S/C24H21ClN2OS2/c1-15-7-12-19-20(13-15)30-22-21(19)23(28)27(18-5-3-2-4-6-18)24(26-22)29-14-16-8-10-17(25)11-9-16/h2-6,8-11,15H,7,12-14H2,1H3. The zero-order valence-corrected chi connectivity index (χ0v) is 19.0. The molecule has 0 amide bonds. The molecule has 6 heteroatoms. The molecule has 1 aliphatic rings. The topological polar surface area (TPSA) is 34.9 Å². The van der Waals surface area contributed by atoms with E-state index in [1.54, 1.807) is 27.7 Å². The summed E-state index contributed by atoms with van der Waals surface area (Å²) >= 11 is 9.31. The number of halogens is 1. The first-order chi connectivity index (χ1) is 14.6. The van der Waals surface area contributed by atoms with Gasteiger partial charge in [0.15, 0.2) is 5.16 Å². The van der Waals surface area contributed by atoms with Crippen LogP contribution in [0.1, 0.15) is 29.3 Å². The first-order valence-corrected chi connectivity index (χ1v) is 12.3. The summed E-state index contributed by atoms with van der Waals surface area (Å²) in [5.41, 5.74) is 3.29. The largest absolute Gasteiger partial charge is 0.268 e. The molecule has 1 aliphatic carbocycles. The van der Waals surface area contributed by atoms with Crippen molar-refractivity contribution >= 4 is 44.9 Å². The Morgan fingerprint density at radius 1 is 1.17 bits per heavy atom. The number of nitrogens with zero attached hydrogens (tertiary/aromatic N) is 2. The number of rotatable bonds is 4. The highest BCUT2D eigenvalue weighted by Gasteiger charge is 2.25. The van der Waals surface area contributed by atoms with Gasteiger partial charge in [0.2, 0.25) is 0 Å². The molecule has 0 spiro atoms. The normalized spacial score (nSPS) is 16.0. The van der Waals surface area contributed by atoms with Crippen molar-refractivity contribution in [2.24, 2.45) is 5.92 Å². The lowest BCUT2D eigenvalue weighted by molar-refractivity contribution is 0.509. The summed E-state index contributed by atoms with van der Waals surface area (Å²) in [5, 5.41) is 2.28. The van der Waals surface area contributed by atoms with E-state index in [9.17, 15) is 4.79 Å². The Hall–Kier alpha value is -2.08. The molecule has 0 fully saturated rings. The van der Waals surface area contributed by atoms with Gasteiger partial charge in [0, 0.05) is 15.7 Å². The molecule has 30 heavy (non-hydrogen) atoms. The van der Waals surface area contributed by atoms with Gasteiger partial charge in [0.25, 0.3) is 5.56 Å². The summed E-state index contributed by atoms with van der Waals surface area (Å²) in [7, 11) is 0. The number of fused-ring (bicyclic) bond motifs is 3. The number of hydrogen-bond donors (Lipinski definition) is 0. The van der Waals surface area contributed by atoms with Crippen LogP contribution in [0.2, 0.25) is 5.02 Å². The maximum Gasteiger partial charge on any atom is 0.267 e. The van der Waals surface area contributed by atoms with Gasteiger partial charge in [0.05, 0.1) is 11.1 Å². The van der Waals surface area contributed by atoms with Crippen molar-refractivity contribution < 1.29 is 0 Å². The Balaban J connectivity index is 1.64. The molecule has 0 saturated carbocycles. The van der Waals surface area contributed by atoms with E-state index in [1.807, 2.05) is 54.6 Å². The predicted octanol–water partition coefficient (Wildman–Crippen LogP) is 6.52. The van der Waals surface area contributed by atoms with Gasteiger partial charge in [-0.3, -0.25) is 9.36 Å². The van der Waals surface area contributed by atoms with E-state index >= 15 is 0 Å². The highest BCUT2D eigenvalue weighted by atomic mass is 35.5. The van der Waals surface area contributed by atoms with Crippen molar-refractivity contribution in [2.75, 3.05) is 0 Å². The number of para-hydroxylation sites is 1. The first-order valence-electron chi connectivity index (χ1n) is 10.1. The fraction of sp³-hybridized carbons (Fsp3) is 0.250. The summed E-state index contributed by atoms with van der Waals surface area (Å²) in [6.07, 6.45) is 3.16. The van der Waals surface area contributed by atoms with Crippen LogP contribution in [0.25, 0.3) is 15.9 Å². The number of hydrogen-bond acceptors (Lipinski definition) is 4. The van der Waals surface area contributed by atoms with Gasteiger partial charge in [-0.25, -0.2) is 4.98 Å². The van der Waals surface area contributed by atoms with E-state index in [4.69, 9.17) is 16.6 Å². The lowest BCUT2D eigenvalue weighted by Crippen LogP contribution is -2.22. The third-order valence-corrected chi connectivity index (χ3v) is 8.00. The Bertz CT molecular complexity index is 1260. The van der Waals surface area contributed by atoms with Crippen LogP contribution < -0.4 is 5.56 Å². The van der Waals surface area contributed by atoms with Crippen molar-refractivity contribution in [1.29, 1.82) is 0 Å². The van der Waals surface area contributed by atoms with Gasteiger partial charge >= 0.3 is 0 Å². The van der Waals surface area contributed by atoms with E-state index in [-0.39, 0.29) is 5.56 Å². The summed E-state index contributed by atoms with van der Waals surface area (Å²) in [6.45, 7) is 2.29. The minimum Gasteiger partial charge on any atom is -0.268 e. The summed E-state index contributed by atoms with van der Waals surface area (Å²) in [4.78, 5) is 20.9. The van der Waals surface area contributed by atoms with Gasteiger partial charge < -0.3 is 0 Å². The summed E-state index contributed by atoms with van der Waals surface area (Å²) < 4.78 is 1.79. The number of aryl methyl sites for hydroxylation is 1. The van der Waals surface area contributed by atoms with E-state index in [0.29, 0.717) is 5.92 Å². The Labute approximate surface area is 188 Å². The van der Waals surface area contributed by atoms with Crippen LogP contribution in [0.5, 0.6) is 0 Å². The molecule has 3 nitrogen and oxygen atoms in total. The molecule has 5 rings (SSSR count). The molecule has 2 heterocycles. The molecular weight excluding hydrogens is 432 g/mol. The molecule has 2 aromatic carbocycles. The number of thiophene rings is 1. The summed E-state index contributed by atoms with van der Waals surface area (Å²) in [6, 6.07) is 17.7. The molecule has 4 aromatic rings. The monoisotopic (exact) mass is 452 g/mol. The van der Waals surface area contributed by atoms with Crippen molar-refractivity contribution in [1.82, 2.24) is 9.55 Å². The highest BCUT2D eigenvalue weighted by molar-refractivity contribution is 7.98. The van der Waals surface area contributed by atoms with Gasteiger partial charge in [-0.2, -0.15) is 0 Å². The average Bonchev–Trinajstić information content (AvgIpc) is 3.11. The van der Waals surface area contributed by atoms with Crippen LogP contribution in [0.3, 0.4) is 0 Å². The number of benzene rings is 2. The maximum atomic E-state index is 13.7. The second-order valence-electron chi connectivity index (χ2n) is 7.82. The third-order valence-electron chi connectivity index (χ3n) is 5.59. The van der Waals surface area contributed by atoms with Crippen LogP contribution in [0.4, 0.5) is 0 Å². The SMILES string of the molecule is CC1CCc2c(sc3nc(SCc4ccc(Cl)cc4)n(-c4ccccc4)c(=O)c23)C1. The molecule has 0 bridgehead atoms. The van der Waals surface area contributed by atoms with Gasteiger partial charge in [-0.15, -0.1) is 11.3 Å². The second-order valence-corrected chi connectivity index (χ2v) is 10.3. The van der Waals surface area contributed by atoms with Crippen molar-refractivity contribution in [3.05, 3.63) is 86.0 Å². The smallest absolute Gasteiger partial charge is 0.267 e. The molecule has 2 aromatic heterocycles. The third kappa shape index (κ3) is 3.70. The molecule has 1 unspecified atom stereocenters. The fourth-order valence-electron chi connectivity index (χ4n) is 4.00. The van der Waals surface area contributed by atoms with Gasteiger partial charge in [-0.1, -0.05) is 60.6 Å². The van der Waals surface area contributed by atoms with E-state index in [1.165, 1.54) is 10.4 Å². The van der Waals surface area contributed by atoms with E-state index in [2.05, 4.69) is 6.92 Å². The molecule has 0 aliphatic heterocycles. The van der Waals surface area contributed by atoms with Gasteiger partial charge in [0.1, 0.15) is 4.83 Å².